The fourth-order valence-electron chi connectivity index (χ4n) is 2.96. The average molecular weight is 235 g/mol. The summed E-state index contributed by atoms with van der Waals surface area (Å²) >= 11 is 0. The SMILES string of the molecule is [c]1cccc2c1N(c1ccc3c(c1)NCC3)CC2. The minimum Gasteiger partial charge on any atom is -0.384 e. The maximum Gasteiger partial charge on any atom is 0.0524 e. The Morgan fingerprint density at radius 2 is 2.11 bits per heavy atom. The summed E-state index contributed by atoms with van der Waals surface area (Å²) in [5.41, 5.74) is 6.68. The van der Waals surface area contributed by atoms with E-state index in [2.05, 4.69) is 46.6 Å². The van der Waals surface area contributed by atoms with Gasteiger partial charge in [-0.3, -0.25) is 0 Å². The van der Waals surface area contributed by atoms with Gasteiger partial charge in [0.05, 0.1) is 5.69 Å². The van der Waals surface area contributed by atoms with Gasteiger partial charge in [0, 0.05) is 30.5 Å². The first-order chi connectivity index (χ1) is 8.92. The number of para-hydroxylation sites is 1. The molecule has 2 aromatic rings. The Hall–Kier alpha value is -1.96. The molecule has 0 spiro atoms. The second-order valence-corrected chi connectivity index (χ2v) is 4.96. The lowest BCUT2D eigenvalue weighted by Gasteiger charge is -2.20. The molecule has 1 radical (unpaired) electrons. The van der Waals surface area contributed by atoms with E-state index in [1.807, 2.05) is 6.07 Å². The first kappa shape index (κ1) is 10.0. The first-order valence-corrected chi connectivity index (χ1v) is 6.56. The number of nitrogens with one attached hydrogen (secondary N) is 1. The zero-order valence-corrected chi connectivity index (χ0v) is 10.2. The summed E-state index contributed by atoms with van der Waals surface area (Å²) in [4.78, 5) is 2.37. The second kappa shape index (κ2) is 3.77. The zero-order valence-electron chi connectivity index (χ0n) is 10.2. The maximum absolute atomic E-state index is 3.45. The molecule has 0 saturated heterocycles. The van der Waals surface area contributed by atoms with E-state index in [-0.39, 0.29) is 0 Å². The molecule has 2 aliphatic rings. The molecular formula is C16H15N2. The predicted molar refractivity (Wildman–Crippen MR) is 74.6 cm³/mol. The molecule has 2 nitrogen and oxygen atoms in total. The molecular weight excluding hydrogens is 220 g/mol. The molecule has 2 heteroatoms. The summed E-state index contributed by atoms with van der Waals surface area (Å²) in [6, 6.07) is 16.4. The molecule has 0 aliphatic carbocycles. The van der Waals surface area contributed by atoms with Crippen LogP contribution in [0.3, 0.4) is 0 Å². The van der Waals surface area contributed by atoms with Crippen molar-refractivity contribution in [2.45, 2.75) is 12.8 Å². The first-order valence-electron chi connectivity index (χ1n) is 6.56. The second-order valence-electron chi connectivity index (χ2n) is 4.96. The van der Waals surface area contributed by atoms with E-state index >= 15 is 0 Å². The van der Waals surface area contributed by atoms with Gasteiger partial charge in [0.15, 0.2) is 0 Å². The van der Waals surface area contributed by atoms with Gasteiger partial charge >= 0.3 is 0 Å². The van der Waals surface area contributed by atoms with Crippen LogP contribution in [-0.2, 0) is 12.8 Å². The van der Waals surface area contributed by atoms with Crippen molar-refractivity contribution in [3.63, 3.8) is 0 Å². The smallest absolute Gasteiger partial charge is 0.0524 e. The third-order valence-corrected chi connectivity index (χ3v) is 3.91. The van der Waals surface area contributed by atoms with E-state index in [9.17, 15) is 0 Å². The minimum absolute atomic E-state index is 1.06. The quantitative estimate of drug-likeness (QED) is 0.817. The highest BCUT2D eigenvalue weighted by molar-refractivity contribution is 5.73. The number of hydrogen-bond acceptors (Lipinski definition) is 2. The van der Waals surface area contributed by atoms with E-state index in [1.165, 1.54) is 28.2 Å². The van der Waals surface area contributed by atoms with E-state index in [1.54, 1.807) is 0 Å². The lowest BCUT2D eigenvalue weighted by molar-refractivity contribution is 0.998. The number of benzene rings is 2. The van der Waals surface area contributed by atoms with Crippen LogP contribution in [0.5, 0.6) is 0 Å². The van der Waals surface area contributed by atoms with Crippen LogP contribution in [0.2, 0.25) is 0 Å². The number of nitrogens with zero attached hydrogens (tertiary/aromatic N) is 1. The number of hydrogen-bond donors (Lipinski definition) is 1. The van der Waals surface area contributed by atoms with Crippen LogP contribution in [0.25, 0.3) is 0 Å². The Morgan fingerprint density at radius 3 is 3.11 bits per heavy atom. The van der Waals surface area contributed by atoms with E-state index in [4.69, 9.17) is 0 Å². The molecule has 0 aromatic heterocycles. The van der Waals surface area contributed by atoms with Crippen molar-refractivity contribution < 1.29 is 0 Å². The third-order valence-electron chi connectivity index (χ3n) is 3.91. The van der Waals surface area contributed by atoms with Crippen LogP contribution in [0.15, 0.2) is 36.4 Å². The number of fused-ring (bicyclic) bond motifs is 2. The predicted octanol–water partition coefficient (Wildman–Crippen LogP) is 3.15. The lowest BCUT2D eigenvalue weighted by Crippen LogP contribution is -2.13. The Labute approximate surface area is 107 Å². The Balaban J connectivity index is 1.77. The average Bonchev–Trinajstić information content (AvgIpc) is 3.04. The van der Waals surface area contributed by atoms with Crippen LogP contribution in [0, 0.1) is 6.07 Å². The summed E-state index contributed by atoms with van der Waals surface area (Å²) in [7, 11) is 0. The van der Waals surface area contributed by atoms with Gasteiger partial charge in [0.25, 0.3) is 0 Å². The lowest BCUT2D eigenvalue weighted by atomic mass is 10.1. The molecule has 1 N–H and O–H groups in total. The van der Waals surface area contributed by atoms with Gasteiger partial charge in [0.1, 0.15) is 0 Å². The Morgan fingerprint density at radius 1 is 1.11 bits per heavy atom. The topological polar surface area (TPSA) is 15.3 Å². The molecule has 0 atom stereocenters. The fourth-order valence-corrected chi connectivity index (χ4v) is 2.96. The fraction of sp³-hybridized carbons (Fsp3) is 0.250. The van der Waals surface area contributed by atoms with Crippen molar-refractivity contribution >= 4 is 17.1 Å². The van der Waals surface area contributed by atoms with Crippen LogP contribution < -0.4 is 10.2 Å². The largest absolute Gasteiger partial charge is 0.384 e. The zero-order chi connectivity index (χ0) is 11.9. The molecule has 0 fully saturated rings. The molecule has 18 heavy (non-hydrogen) atoms. The van der Waals surface area contributed by atoms with Crippen molar-refractivity contribution in [3.8, 4) is 0 Å². The van der Waals surface area contributed by atoms with Crippen molar-refractivity contribution in [2.75, 3.05) is 23.3 Å². The highest BCUT2D eigenvalue weighted by atomic mass is 15.2. The van der Waals surface area contributed by atoms with Crippen molar-refractivity contribution in [2.24, 2.45) is 0 Å². The summed E-state index contributed by atoms with van der Waals surface area (Å²) < 4.78 is 0. The monoisotopic (exact) mass is 235 g/mol. The summed E-state index contributed by atoms with van der Waals surface area (Å²) in [5, 5.41) is 3.45. The summed E-state index contributed by atoms with van der Waals surface area (Å²) in [6.07, 6.45) is 2.27. The van der Waals surface area contributed by atoms with Gasteiger partial charge in [-0.1, -0.05) is 24.3 Å². The van der Waals surface area contributed by atoms with Crippen LogP contribution in [0.1, 0.15) is 11.1 Å². The van der Waals surface area contributed by atoms with Gasteiger partial charge in [-0.15, -0.1) is 0 Å². The van der Waals surface area contributed by atoms with E-state index < -0.39 is 0 Å². The molecule has 0 unspecified atom stereocenters. The molecule has 2 aromatic carbocycles. The number of anilines is 3. The normalized spacial score (nSPS) is 16.3. The molecule has 2 aliphatic heterocycles. The van der Waals surface area contributed by atoms with Crippen molar-refractivity contribution in [1.29, 1.82) is 0 Å². The molecule has 89 valence electrons. The van der Waals surface area contributed by atoms with Gasteiger partial charge in [-0.05, 0) is 36.1 Å². The van der Waals surface area contributed by atoms with Crippen LogP contribution in [0.4, 0.5) is 17.1 Å². The van der Waals surface area contributed by atoms with Crippen LogP contribution >= 0.6 is 0 Å². The Bertz CT molecular complexity index is 604. The number of rotatable bonds is 1. The Kier molecular flexibility index (Phi) is 2.10. The molecule has 4 rings (SSSR count). The highest BCUT2D eigenvalue weighted by Crippen LogP contribution is 2.36. The molecule has 0 bridgehead atoms. The van der Waals surface area contributed by atoms with Gasteiger partial charge in [-0.25, -0.2) is 0 Å². The third kappa shape index (κ3) is 1.42. The molecule has 2 heterocycles. The van der Waals surface area contributed by atoms with E-state index in [0.29, 0.717) is 0 Å². The van der Waals surface area contributed by atoms with Crippen molar-refractivity contribution in [1.82, 2.24) is 0 Å². The minimum atomic E-state index is 1.06. The standard InChI is InChI=1S/C16H15N2/c1-2-4-16-13(3-1)8-10-18(16)14-6-5-12-7-9-17-15(12)11-14/h1-3,5-6,11,17H,7-10H2. The highest BCUT2D eigenvalue weighted by Gasteiger charge is 2.21. The summed E-state index contributed by atoms with van der Waals surface area (Å²) in [5.74, 6) is 0. The van der Waals surface area contributed by atoms with Gasteiger partial charge in [-0.2, -0.15) is 0 Å². The van der Waals surface area contributed by atoms with Crippen LogP contribution in [-0.4, -0.2) is 13.1 Å². The van der Waals surface area contributed by atoms with Gasteiger partial charge < -0.3 is 10.2 Å². The summed E-state index contributed by atoms with van der Waals surface area (Å²) in [6.45, 7) is 2.14. The maximum atomic E-state index is 3.45. The molecule has 0 saturated carbocycles. The molecule has 0 amide bonds. The van der Waals surface area contributed by atoms with Gasteiger partial charge in [0.2, 0.25) is 0 Å². The van der Waals surface area contributed by atoms with E-state index in [0.717, 1.165) is 25.9 Å². The van der Waals surface area contributed by atoms with Crippen molar-refractivity contribution in [3.05, 3.63) is 53.6 Å².